The van der Waals surface area contributed by atoms with E-state index in [1.54, 1.807) is 69.6 Å². The van der Waals surface area contributed by atoms with Crippen LogP contribution in [0.4, 0.5) is 0 Å². The van der Waals surface area contributed by atoms with Gasteiger partial charge in [0.2, 0.25) is 0 Å². The van der Waals surface area contributed by atoms with Crippen LogP contribution in [0.25, 0.3) is 0 Å². The van der Waals surface area contributed by atoms with Crippen LogP contribution >= 0.6 is 15.8 Å². The molecule has 0 saturated carbocycles. The summed E-state index contributed by atoms with van der Waals surface area (Å²) in [7, 11) is 0.592. The maximum Gasteiger partial charge on any atom is -0.00911 e. The summed E-state index contributed by atoms with van der Waals surface area (Å²) < 4.78 is 0. The fourth-order valence-corrected chi connectivity index (χ4v) is 16.9. The molecule has 0 radical (unpaired) electrons. The van der Waals surface area contributed by atoms with Crippen molar-refractivity contribution < 1.29 is 0 Å². The summed E-state index contributed by atoms with van der Waals surface area (Å²) in [5.74, 6) is 1.74. The number of hydrogen-bond donors (Lipinski definition) is 0. The second kappa shape index (κ2) is 15.7. The average molecular weight is 469 g/mol. The highest BCUT2D eigenvalue weighted by Gasteiger charge is 2.47. The Balaban J connectivity index is 2.10. The van der Waals surface area contributed by atoms with E-state index >= 15 is 0 Å². The van der Waals surface area contributed by atoms with Crippen molar-refractivity contribution >= 4 is 15.8 Å². The van der Waals surface area contributed by atoms with Gasteiger partial charge >= 0.3 is 0 Å². The van der Waals surface area contributed by atoms with Crippen molar-refractivity contribution in [2.45, 2.75) is 166 Å². The predicted molar refractivity (Wildman–Crippen MR) is 149 cm³/mol. The third-order valence-corrected chi connectivity index (χ3v) is 17.3. The predicted octanol–water partition coefficient (Wildman–Crippen LogP) is 11.3. The van der Waals surface area contributed by atoms with Crippen LogP contribution < -0.4 is 0 Å². The molecule has 0 nitrogen and oxygen atoms in total. The fraction of sp³-hybridized carbons (Fsp3) is 1.00. The molecule has 2 atom stereocenters. The van der Waals surface area contributed by atoms with Gasteiger partial charge in [0.15, 0.2) is 0 Å². The standard InChI is InChI=1S/C29H58P2/c1-5-9-13-19-28(20-14-10-6-2)23-17-25-30(28)27-31-26-18-24-29(31,21-15-11-7-3)22-16-12-8-4/h5-27H2,1-4H3. The zero-order chi connectivity index (χ0) is 22.4. The first-order chi connectivity index (χ1) is 15.2. The van der Waals surface area contributed by atoms with Crippen LogP contribution in [-0.2, 0) is 0 Å². The Labute approximate surface area is 200 Å². The SMILES string of the molecule is CCCCCC1(CCCCC)CCCP1CP1CCCC1(CCCCC)CCCCC. The summed E-state index contributed by atoms with van der Waals surface area (Å²) in [6, 6.07) is 0. The highest BCUT2D eigenvalue weighted by molar-refractivity contribution is 7.76. The van der Waals surface area contributed by atoms with Crippen LogP contribution in [0.3, 0.4) is 0 Å². The van der Waals surface area contributed by atoms with Crippen molar-refractivity contribution in [2.75, 3.05) is 18.2 Å². The summed E-state index contributed by atoms with van der Waals surface area (Å²) in [6.45, 7) is 9.57. The maximum atomic E-state index is 2.39. The van der Waals surface area contributed by atoms with Gasteiger partial charge in [-0.2, -0.15) is 0 Å². The van der Waals surface area contributed by atoms with Crippen LogP contribution in [0.5, 0.6) is 0 Å². The molecule has 0 amide bonds. The second-order valence-electron chi connectivity index (χ2n) is 11.2. The van der Waals surface area contributed by atoms with Gasteiger partial charge < -0.3 is 0 Å². The van der Waals surface area contributed by atoms with E-state index in [0.29, 0.717) is 15.8 Å². The van der Waals surface area contributed by atoms with Gasteiger partial charge in [-0.15, -0.1) is 0 Å². The molecule has 184 valence electrons. The van der Waals surface area contributed by atoms with Gasteiger partial charge in [-0.3, -0.25) is 0 Å². The van der Waals surface area contributed by atoms with Gasteiger partial charge in [-0.25, -0.2) is 0 Å². The third kappa shape index (κ3) is 8.54. The normalized spacial score (nSPS) is 24.8. The highest BCUT2D eigenvalue weighted by atomic mass is 31.2. The van der Waals surface area contributed by atoms with Gasteiger partial charge in [-0.1, -0.05) is 121 Å². The summed E-state index contributed by atoms with van der Waals surface area (Å²) in [5, 5.41) is 1.62. The molecule has 31 heavy (non-hydrogen) atoms. The third-order valence-electron chi connectivity index (χ3n) is 8.81. The Morgan fingerprint density at radius 1 is 0.484 bits per heavy atom. The number of unbranched alkanes of at least 4 members (excludes halogenated alkanes) is 8. The molecule has 2 rings (SSSR count). The van der Waals surface area contributed by atoms with Gasteiger partial charge in [0.05, 0.1) is 0 Å². The lowest BCUT2D eigenvalue weighted by Crippen LogP contribution is -2.28. The minimum Gasteiger partial charge on any atom is -0.0959 e. The molecule has 2 heteroatoms. The molecule has 0 aromatic carbocycles. The van der Waals surface area contributed by atoms with Gasteiger partial charge in [-0.05, 0) is 79.9 Å². The molecule has 0 N–H and O–H groups in total. The summed E-state index contributed by atoms with van der Waals surface area (Å²) in [4.78, 5) is 0. The summed E-state index contributed by atoms with van der Waals surface area (Å²) >= 11 is 0. The molecule has 0 aromatic heterocycles. The lowest BCUT2D eigenvalue weighted by molar-refractivity contribution is 0.432. The van der Waals surface area contributed by atoms with E-state index in [9.17, 15) is 0 Å². The van der Waals surface area contributed by atoms with Crippen molar-refractivity contribution in [1.29, 1.82) is 0 Å². The first-order valence-corrected chi connectivity index (χ1v) is 18.1. The molecule has 2 saturated heterocycles. The first kappa shape index (κ1) is 28.1. The number of rotatable bonds is 18. The summed E-state index contributed by atoms with van der Waals surface area (Å²) in [5.41, 5.74) is 0. The van der Waals surface area contributed by atoms with E-state index in [4.69, 9.17) is 0 Å². The fourth-order valence-electron chi connectivity index (χ4n) is 6.83. The molecule has 2 aliphatic rings. The largest absolute Gasteiger partial charge is 0.0959 e. The molecule has 0 aromatic rings. The molecule has 2 aliphatic heterocycles. The smallest absolute Gasteiger partial charge is 0.00911 e. The van der Waals surface area contributed by atoms with Crippen molar-refractivity contribution in [2.24, 2.45) is 0 Å². The van der Waals surface area contributed by atoms with E-state index < -0.39 is 0 Å². The Morgan fingerprint density at radius 3 is 1.10 bits per heavy atom. The molecular weight excluding hydrogens is 410 g/mol. The lowest BCUT2D eigenvalue weighted by Gasteiger charge is -2.43. The van der Waals surface area contributed by atoms with E-state index in [-0.39, 0.29) is 0 Å². The number of hydrogen-bond acceptors (Lipinski definition) is 0. The maximum absolute atomic E-state index is 2.39. The van der Waals surface area contributed by atoms with Crippen LogP contribution in [-0.4, -0.2) is 28.5 Å². The van der Waals surface area contributed by atoms with E-state index in [1.165, 1.54) is 77.0 Å². The topological polar surface area (TPSA) is 0 Å². The monoisotopic (exact) mass is 468 g/mol. The van der Waals surface area contributed by atoms with Crippen molar-refractivity contribution in [3.63, 3.8) is 0 Å². The minimum absolute atomic E-state index is 0.296. The Bertz CT molecular complexity index is 386. The van der Waals surface area contributed by atoms with Crippen molar-refractivity contribution in [1.82, 2.24) is 0 Å². The average Bonchev–Trinajstić information content (AvgIpc) is 3.34. The minimum atomic E-state index is 0.296. The summed E-state index contributed by atoms with van der Waals surface area (Å²) in [6.07, 6.45) is 33.6. The first-order valence-electron chi connectivity index (χ1n) is 14.7. The van der Waals surface area contributed by atoms with Crippen LogP contribution in [0.15, 0.2) is 0 Å². The van der Waals surface area contributed by atoms with E-state index in [0.717, 1.165) is 10.3 Å². The van der Waals surface area contributed by atoms with Crippen molar-refractivity contribution in [3.05, 3.63) is 0 Å². The Hall–Kier alpha value is 0.860. The lowest BCUT2D eigenvalue weighted by atomic mass is 9.90. The molecule has 2 heterocycles. The zero-order valence-electron chi connectivity index (χ0n) is 22.2. The Morgan fingerprint density at radius 2 is 0.806 bits per heavy atom. The molecule has 2 unspecified atom stereocenters. The van der Waals surface area contributed by atoms with E-state index in [1.807, 2.05) is 0 Å². The van der Waals surface area contributed by atoms with Crippen LogP contribution in [0.1, 0.15) is 156 Å². The molecule has 0 bridgehead atoms. The van der Waals surface area contributed by atoms with Crippen LogP contribution in [0, 0.1) is 0 Å². The molecule has 0 spiro atoms. The molecule has 2 fully saturated rings. The van der Waals surface area contributed by atoms with Gasteiger partial charge in [0.25, 0.3) is 0 Å². The second-order valence-corrected chi connectivity index (χ2v) is 17.2. The quantitative estimate of drug-likeness (QED) is 0.139. The van der Waals surface area contributed by atoms with Gasteiger partial charge in [0, 0.05) is 0 Å². The molecule has 0 aliphatic carbocycles. The zero-order valence-corrected chi connectivity index (χ0v) is 23.9. The highest BCUT2D eigenvalue weighted by Crippen LogP contribution is 2.73. The Kier molecular flexibility index (Phi) is 14.2. The van der Waals surface area contributed by atoms with Gasteiger partial charge in [0.1, 0.15) is 0 Å². The van der Waals surface area contributed by atoms with E-state index in [2.05, 4.69) is 27.7 Å². The van der Waals surface area contributed by atoms with Crippen molar-refractivity contribution in [3.8, 4) is 0 Å². The van der Waals surface area contributed by atoms with Crippen LogP contribution in [0.2, 0.25) is 0 Å². The molecular formula is C29H58P2.